The molecular weight excluding hydrogens is 729 g/mol. The van der Waals surface area contributed by atoms with Crippen molar-refractivity contribution in [2.45, 2.75) is 89.4 Å². The number of pyridine rings is 1. The molecule has 0 saturated carbocycles. The summed E-state index contributed by atoms with van der Waals surface area (Å²) < 4.78 is 101. The van der Waals surface area contributed by atoms with E-state index in [0.29, 0.717) is 46.7 Å². The van der Waals surface area contributed by atoms with Gasteiger partial charge in [0.1, 0.15) is 34.2 Å². The van der Waals surface area contributed by atoms with Gasteiger partial charge < -0.3 is 15.8 Å². The van der Waals surface area contributed by atoms with Gasteiger partial charge in [-0.3, -0.25) is 4.68 Å². The highest BCUT2D eigenvalue weighted by Gasteiger charge is 2.35. The van der Waals surface area contributed by atoms with E-state index in [1.54, 1.807) is 20.8 Å². The summed E-state index contributed by atoms with van der Waals surface area (Å²) >= 11 is 6.50. The molecule has 2 aromatic carbocycles. The zero-order chi connectivity index (χ0) is 38.6. The molecule has 0 fully saturated rings. The number of nitrogens with one attached hydrogen (secondary N) is 1. The zero-order valence-electron chi connectivity index (χ0n) is 29.2. The Labute approximate surface area is 303 Å². The number of alkyl halides is 3. The quantitative estimate of drug-likeness (QED) is 0.146. The minimum absolute atomic E-state index is 0.0417. The lowest BCUT2D eigenvalue weighted by Gasteiger charge is -2.27. The van der Waals surface area contributed by atoms with Crippen LogP contribution in [0, 0.1) is 23.5 Å². The molecule has 52 heavy (non-hydrogen) atoms. The molecule has 1 aliphatic carbocycles. The molecule has 0 spiro atoms. The normalized spacial score (nSPS) is 14.2. The van der Waals surface area contributed by atoms with Crippen molar-refractivity contribution in [3.63, 3.8) is 0 Å². The number of rotatable bonds is 7. The summed E-state index contributed by atoms with van der Waals surface area (Å²) in [6.07, 6.45) is -3.41. The topological polar surface area (TPSA) is 129 Å². The number of carbonyl (C=O) groups excluding carboxylic acids is 1. The molecule has 1 atom stereocenters. The molecule has 0 saturated heterocycles. The Balaban J connectivity index is 1.89. The summed E-state index contributed by atoms with van der Waals surface area (Å²) in [6, 6.07) is 4.59. The Hall–Kier alpha value is -4.42. The molecule has 1 amide bonds. The summed E-state index contributed by atoms with van der Waals surface area (Å²) in [4.78, 5) is 18.3. The molecule has 4 aromatic rings. The third kappa shape index (κ3) is 8.44. The minimum atomic E-state index is -4.71. The predicted octanol–water partition coefficient (Wildman–Crippen LogP) is 7.65. The maximum Gasteiger partial charge on any atom is 0.408 e. The Bertz CT molecular complexity index is 2230. The lowest BCUT2D eigenvalue weighted by atomic mass is 9.88. The number of aromatic nitrogens is 3. The molecule has 2 heterocycles. The van der Waals surface area contributed by atoms with Crippen molar-refractivity contribution in [1.29, 1.82) is 0 Å². The first kappa shape index (κ1) is 38.8. The Morgan fingerprint density at radius 2 is 1.71 bits per heavy atom. The number of ether oxygens (including phenoxy) is 1. The van der Waals surface area contributed by atoms with Gasteiger partial charge in [0.25, 0.3) is 0 Å². The number of sulfone groups is 1. The summed E-state index contributed by atoms with van der Waals surface area (Å²) in [7, 11) is -3.66. The number of hydrogen-bond donors (Lipinski definition) is 2. The fraction of sp³-hybridized carbons (Fsp3) is 0.417. The number of anilines is 1. The van der Waals surface area contributed by atoms with Gasteiger partial charge in [0.05, 0.1) is 27.7 Å². The number of halogens is 6. The van der Waals surface area contributed by atoms with Crippen molar-refractivity contribution in [3.05, 3.63) is 75.1 Å². The molecule has 0 aliphatic heterocycles. The van der Waals surface area contributed by atoms with Crippen molar-refractivity contribution in [1.82, 2.24) is 20.1 Å². The van der Waals surface area contributed by atoms with Crippen LogP contribution in [0.5, 0.6) is 0 Å². The van der Waals surface area contributed by atoms with E-state index in [0.717, 1.165) is 18.4 Å². The van der Waals surface area contributed by atoms with E-state index in [1.807, 2.05) is 0 Å². The fourth-order valence-electron chi connectivity index (χ4n) is 6.06. The number of amides is 1. The van der Waals surface area contributed by atoms with E-state index >= 15 is 0 Å². The first-order valence-electron chi connectivity index (χ1n) is 16.2. The standard InChI is InChI=1S/C36H37ClF5N5O4S/c1-34(2,3)51-33(48)45-27(16-19-14-20(38)17-21(39)15-19)30-28(23-9-7-8-22(23)26(44-30)12-13-35(4,5)52(6,49)50)24-10-11-25(37)29-31(24)47(46-32(29)43)18-36(40,41)42/h10-11,14-15,17,27H,7-9,16,18H2,1-6H3,(H2,43,46)(H,45,48)/t27-/m0/s1. The Morgan fingerprint density at radius 1 is 1.08 bits per heavy atom. The third-order valence-corrected chi connectivity index (χ3v) is 10.8. The molecule has 0 unspecified atom stereocenters. The molecule has 9 nitrogen and oxygen atoms in total. The second kappa shape index (κ2) is 13.9. The molecular formula is C36H37ClF5N5O4S. The number of nitrogens with zero attached hydrogens (tertiary/aromatic N) is 3. The molecule has 0 radical (unpaired) electrons. The molecule has 278 valence electrons. The number of nitrogens with two attached hydrogens (primary N) is 1. The predicted molar refractivity (Wildman–Crippen MR) is 188 cm³/mol. The van der Waals surface area contributed by atoms with Crippen molar-refractivity contribution in [3.8, 4) is 23.0 Å². The van der Waals surface area contributed by atoms with Crippen molar-refractivity contribution in [2.24, 2.45) is 0 Å². The van der Waals surface area contributed by atoms with Crippen LogP contribution in [0.4, 0.5) is 32.6 Å². The van der Waals surface area contributed by atoms with Crippen LogP contribution in [-0.4, -0.2) is 52.1 Å². The monoisotopic (exact) mass is 765 g/mol. The van der Waals surface area contributed by atoms with E-state index in [2.05, 4.69) is 22.3 Å². The lowest BCUT2D eigenvalue weighted by molar-refractivity contribution is -0.141. The van der Waals surface area contributed by atoms with Crippen LogP contribution in [0.2, 0.25) is 5.02 Å². The fourth-order valence-corrected chi connectivity index (χ4v) is 6.55. The van der Waals surface area contributed by atoms with E-state index in [-0.39, 0.29) is 50.7 Å². The van der Waals surface area contributed by atoms with Crippen molar-refractivity contribution >= 4 is 44.3 Å². The van der Waals surface area contributed by atoms with Crippen LogP contribution in [-0.2, 0) is 40.4 Å². The summed E-state index contributed by atoms with van der Waals surface area (Å²) in [5.74, 6) is 3.71. The third-order valence-electron chi connectivity index (χ3n) is 8.55. The molecule has 2 aromatic heterocycles. The van der Waals surface area contributed by atoms with Gasteiger partial charge in [-0.25, -0.2) is 27.0 Å². The molecule has 16 heteroatoms. The number of hydrogen-bond acceptors (Lipinski definition) is 7. The van der Waals surface area contributed by atoms with Crippen molar-refractivity contribution in [2.75, 3.05) is 12.0 Å². The molecule has 0 bridgehead atoms. The van der Waals surface area contributed by atoms with Gasteiger partial charge in [-0.15, -0.1) is 0 Å². The molecule has 1 aliphatic rings. The van der Waals surface area contributed by atoms with Gasteiger partial charge in [-0.2, -0.15) is 18.3 Å². The van der Waals surface area contributed by atoms with Crippen LogP contribution in [0.1, 0.15) is 75.2 Å². The van der Waals surface area contributed by atoms with Gasteiger partial charge in [0.2, 0.25) is 0 Å². The first-order valence-corrected chi connectivity index (χ1v) is 18.5. The highest BCUT2D eigenvalue weighted by molar-refractivity contribution is 7.92. The molecule has 3 N–H and O–H groups in total. The van der Waals surface area contributed by atoms with Crippen LogP contribution in [0.15, 0.2) is 30.3 Å². The van der Waals surface area contributed by atoms with E-state index in [1.165, 1.54) is 26.0 Å². The van der Waals surface area contributed by atoms with Crippen molar-refractivity contribution < 1.29 is 39.9 Å². The zero-order valence-corrected chi connectivity index (χ0v) is 30.8. The van der Waals surface area contributed by atoms with Gasteiger partial charge >= 0.3 is 12.3 Å². The summed E-state index contributed by atoms with van der Waals surface area (Å²) in [5.41, 5.74) is 7.24. The Morgan fingerprint density at radius 3 is 2.31 bits per heavy atom. The molecule has 5 rings (SSSR count). The van der Waals surface area contributed by atoms with Gasteiger partial charge in [0, 0.05) is 23.4 Å². The second-order valence-electron chi connectivity index (χ2n) is 14.2. The Kier molecular flexibility index (Phi) is 10.3. The second-order valence-corrected chi connectivity index (χ2v) is 17.2. The highest BCUT2D eigenvalue weighted by Crippen LogP contribution is 2.44. The van der Waals surface area contributed by atoms with Gasteiger partial charge in [-0.1, -0.05) is 23.6 Å². The average Bonchev–Trinajstić information content (AvgIpc) is 3.58. The summed E-state index contributed by atoms with van der Waals surface area (Å²) in [6.45, 7) is 6.27. The van der Waals surface area contributed by atoms with Crippen LogP contribution < -0.4 is 11.1 Å². The van der Waals surface area contributed by atoms with Crippen LogP contribution in [0.25, 0.3) is 22.0 Å². The number of benzene rings is 2. The van der Waals surface area contributed by atoms with Crippen LogP contribution >= 0.6 is 11.6 Å². The van der Waals surface area contributed by atoms with E-state index in [9.17, 15) is 35.2 Å². The largest absolute Gasteiger partial charge is 0.444 e. The first-order chi connectivity index (χ1) is 23.9. The number of fused-ring (bicyclic) bond motifs is 2. The highest BCUT2D eigenvalue weighted by atomic mass is 35.5. The lowest BCUT2D eigenvalue weighted by Crippen LogP contribution is -2.36. The number of alkyl carbamates (subject to hydrolysis) is 1. The average molecular weight is 766 g/mol. The van der Waals surface area contributed by atoms with E-state index < -0.39 is 56.7 Å². The van der Waals surface area contributed by atoms with Gasteiger partial charge in [0.15, 0.2) is 15.7 Å². The van der Waals surface area contributed by atoms with Crippen LogP contribution in [0.3, 0.4) is 0 Å². The number of carbonyl (C=O) groups is 1. The van der Waals surface area contributed by atoms with Gasteiger partial charge in [-0.05, 0) is 101 Å². The minimum Gasteiger partial charge on any atom is -0.444 e. The number of nitrogen functional groups attached to an aromatic ring is 1. The maximum absolute atomic E-state index is 14.5. The summed E-state index contributed by atoms with van der Waals surface area (Å²) in [5, 5.41) is 6.84. The van der Waals surface area contributed by atoms with E-state index in [4.69, 9.17) is 27.1 Å². The maximum atomic E-state index is 14.5. The smallest absolute Gasteiger partial charge is 0.408 e. The SMILES string of the molecule is CC(C)(C)OC(=O)N[C@@H](Cc1cc(F)cc(F)c1)c1nc(C#CC(C)(C)S(C)(=O)=O)c2c(c1-c1ccc(Cl)c3c(N)nn(CC(F)(F)F)c13)CCC2.